The van der Waals surface area contributed by atoms with E-state index in [9.17, 15) is 4.79 Å². The van der Waals surface area contributed by atoms with E-state index in [4.69, 9.17) is 10.5 Å². The van der Waals surface area contributed by atoms with Crippen LogP contribution in [0.1, 0.15) is 26.7 Å². The number of hydrogen-bond donors (Lipinski definition) is 2. The molecule has 2 unspecified atom stereocenters. The van der Waals surface area contributed by atoms with E-state index in [1.807, 2.05) is 18.7 Å². The van der Waals surface area contributed by atoms with Crippen LogP contribution in [0.2, 0.25) is 0 Å². The normalized spacial score (nSPS) is 16.8. The van der Waals surface area contributed by atoms with Crippen molar-refractivity contribution in [2.24, 2.45) is 5.73 Å². The van der Waals surface area contributed by atoms with Crippen LogP contribution < -0.4 is 11.1 Å². The Hall–Kier alpha value is -0.260. The zero-order chi connectivity index (χ0) is 12.6. The lowest BCUT2D eigenvalue weighted by molar-refractivity contribution is -0.123. The SMILES string of the molecule is CNC(C)(CC(C)SCCCOC)C(N)=O. The van der Waals surface area contributed by atoms with Gasteiger partial charge < -0.3 is 15.8 Å². The van der Waals surface area contributed by atoms with Gasteiger partial charge in [0.15, 0.2) is 0 Å². The molecule has 0 rings (SSSR count). The highest BCUT2D eigenvalue weighted by Gasteiger charge is 2.30. The Morgan fingerprint density at radius 1 is 1.62 bits per heavy atom. The quantitative estimate of drug-likeness (QED) is 0.598. The fourth-order valence-electron chi connectivity index (χ4n) is 1.45. The molecule has 0 aliphatic heterocycles. The molecule has 0 aromatic carbocycles. The fourth-order valence-corrected chi connectivity index (χ4v) is 2.59. The highest BCUT2D eigenvalue weighted by molar-refractivity contribution is 7.99. The van der Waals surface area contributed by atoms with E-state index in [0.717, 1.165) is 25.2 Å². The number of nitrogens with one attached hydrogen (secondary N) is 1. The lowest BCUT2D eigenvalue weighted by atomic mass is 9.95. The Morgan fingerprint density at radius 2 is 2.25 bits per heavy atom. The molecule has 5 heteroatoms. The number of amides is 1. The van der Waals surface area contributed by atoms with Crippen LogP contribution in [-0.2, 0) is 9.53 Å². The summed E-state index contributed by atoms with van der Waals surface area (Å²) in [5.74, 6) is 0.757. The summed E-state index contributed by atoms with van der Waals surface area (Å²) in [7, 11) is 3.48. The largest absolute Gasteiger partial charge is 0.385 e. The van der Waals surface area contributed by atoms with Crippen LogP contribution in [0.15, 0.2) is 0 Å². The van der Waals surface area contributed by atoms with Crippen molar-refractivity contribution in [1.29, 1.82) is 0 Å². The number of hydrogen-bond acceptors (Lipinski definition) is 4. The van der Waals surface area contributed by atoms with Crippen LogP contribution in [0, 0.1) is 0 Å². The summed E-state index contributed by atoms with van der Waals surface area (Å²) in [6, 6.07) is 0. The summed E-state index contributed by atoms with van der Waals surface area (Å²) < 4.78 is 4.98. The second-order valence-corrected chi connectivity index (χ2v) is 5.72. The summed E-state index contributed by atoms with van der Waals surface area (Å²) in [6.45, 7) is 4.76. The van der Waals surface area contributed by atoms with Crippen LogP contribution in [0.4, 0.5) is 0 Å². The van der Waals surface area contributed by atoms with Gasteiger partial charge in [-0.25, -0.2) is 0 Å². The van der Waals surface area contributed by atoms with Crippen molar-refractivity contribution in [1.82, 2.24) is 5.32 Å². The molecular weight excluding hydrogens is 224 g/mol. The lowest BCUT2D eigenvalue weighted by Gasteiger charge is -2.28. The minimum atomic E-state index is -0.603. The molecule has 0 fully saturated rings. The van der Waals surface area contributed by atoms with Crippen LogP contribution in [0.25, 0.3) is 0 Å². The number of thioether (sulfide) groups is 1. The van der Waals surface area contributed by atoms with E-state index in [0.29, 0.717) is 5.25 Å². The molecule has 0 aliphatic carbocycles. The highest BCUT2D eigenvalue weighted by Crippen LogP contribution is 2.22. The molecule has 4 nitrogen and oxygen atoms in total. The van der Waals surface area contributed by atoms with Gasteiger partial charge in [-0.2, -0.15) is 11.8 Å². The minimum Gasteiger partial charge on any atom is -0.385 e. The van der Waals surface area contributed by atoms with E-state index in [1.54, 1.807) is 14.2 Å². The molecule has 0 saturated heterocycles. The van der Waals surface area contributed by atoms with Crippen molar-refractivity contribution < 1.29 is 9.53 Å². The van der Waals surface area contributed by atoms with Crippen molar-refractivity contribution in [3.63, 3.8) is 0 Å². The number of rotatable bonds is 9. The number of ether oxygens (including phenoxy) is 1. The van der Waals surface area contributed by atoms with Gasteiger partial charge in [0, 0.05) is 19.0 Å². The maximum Gasteiger partial charge on any atom is 0.237 e. The molecule has 0 aromatic heterocycles. The Kier molecular flexibility index (Phi) is 7.80. The molecule has 0 aliphatic rings. The minimum absolute atomic E-state index is 0.292. The zero-order valence-corrected chi connectivity index (χ0v) is 11.5. The smallest absolute Gasteiger partial charge is 0.237 e. The van der Waals surface area contributed by atoms with Crippen molar-refractivity contribution in [3.05, 3.63) is 0 Å². The topological polar surface area (TPSA) is 64.3 Å². The van der Waals surface area contributed by atoms with Crippen LogP contribution >= 0.6 is 11.8 Å². The third-order valence-corrected chi connectivity index (χ3v) is 3.95. The Balaban J connectivity index is 3.92. The van der Waals surface area contributed by atoms with Crippen molar-refractivity contribution >= 4 is 17.7 Å². The van der Waals surface area contributed by atoms with Gasteiger partial charge >= 0.3 is 0 Å². The molecule has 96 valence electrons. The van der Waals surface area contributed by atoms with Gasteiger partial charge in [0.25, 0.3) is 0 Å². The summed E-state index contributed by atoms with van der Waals surface area (Å²) in [5, 5.41) is 3.40. The van der Waals surface area contributed by atoms with Crippen LogP contribution in [-0.4, -0.2) is 43.2 Å². The average Bonchev–Trinajstić information content (AvgIpc) is 2.24. The Bertz CT molecular complexity index is 214. The second-order valence-electron chi connectivity index (χ2n) is 4.18. The van der Waals surface area contributed by atoms with Crippen LogP contribution in [0.3, 0.4) is 0 Å². The summed E-state index contributed by atoms with van der Waals surface area (Å²) in [5.41, 5.74) is 4.77. The Morgan fingerprint density at radius 3 is 2.69 bits per heavy atom. The molecule has 0 heterocycles. The van der Waals surface area contributed by atoms with Gasteiger partial charge in [0.1, 0.15) is 0 Å². The number of methoxy groups -OCH3 is 1. The maximum atomic E-state index is 11.3. The fraction of sp³-hybridized carbons (Fsp3) is 0.909. The zero-order valence-electron chi connectivity index (χ0n) is 10.7. The molecule has 0 saturated carbocycles. The second kappa shape index (κ2) is 7.92. The molecule has 0 aromatic rings. The first-order valence-electron chi connectivity index (χ1n) is 5.55. The maximum absolute atomic E-state index is 11.3. The number of carbonyl (C=O) groups excluding carboxylic acids is 1. The third kappa shape index (κ3) is 5.72. The van der Waals surface area contributed by atoms with E-state index in [-0.39, 0.29) is 5.91 Å². The first kappa shape index (κ1) is 15.7. The van der Waals surface area contributed by atoms with Gasteiger partial charge in [0.05, 0.1) is 5.54 Å². The molecule has 0 radical (unpaired) electrons. The monoisotopic (exact) mass is 248 g/mol. The van der Waals surface area contributed by atoms with Gasteiger partial charge in [-0.3, -0.25) is 4.79 Å². The van der Waals surface area contributed by atoms with Crippen molar-refractivity contribution in [2.75, 3.05) is 26.5 Å². The Labute approximate surface area is 103 Å². The van der Waals surface area contributed by atoms with Gasteiger partial charge in [-0.05, 0) is 32.6 Å². The average molecular weight is 248 g/mol. The van der Waals surface area contributed by atoms with E-state index < -0.39 is 5.54 Å². The van der Waals surface area contributed by atoms with E-state index in [1.165, 1.54) is 0 Å². The lowest BCUT2D eigenvalue weighted by Crippen LogP contribution is -2.52. The molecule has 3 N–H and O–H groups in total. The third-order valence-electron chi connectivity index (χ3n) is 2.69. The van der Waals surface area contributed by atoms with Gasteiger partial charge in [-0.15, -0.1) is 0 Å². The van der Waals surface area contributed by atoms with Crippen LogP contribution in [0.5, 0.6) is 0 Å². The molecule has 0 bridgehead atoms. The molecule has 0 spiro atoms. The number of primary amides is 1. The number of likely N-dealkylation sites (N-methyl/N-ethyl adjacent to an activating group) is 1. The summed E-state index contributed by atoms with van der Waals surface area (Å²) >= 11 is 1.85. The predicted molar refractivity (Wildman–Crippen MR) is 69.7 cm³/mol. The van der Waals surface area contributed by atoms with Gasteiger partial charge in [-0.1, -0.05) is 6.92 Å². The molecule has 1 amide bonds. The van der Waals surface area contributed by atoms with Crippen molar-refractivity contribution in [3.8, 4) is 0 Å². The standard InChI is InChI=1S/C11H24N2O2S/c1-9(16-7-5-6-15-4)8-11(2,13-3)10(12)14/h9,13H,5-8H2,1-4H3,(H2,12,14). The van der Waals surface area contributed by atoms with Crippen molar-refractivity contribution in [2.45, 2.75) is 37.5 Å². The highest BCUT2D eigenvalue weighted by atomic mass is 32.2. The number of carbonyl (C=O) groups is 1. The molecular formula is C11H24N2O2S. The molecule has 2 atom stereocenters. The molecule has 16 heavy (non-hydrogen) atoms. The van der Waals surface area contributed by atoms with E-state index >= 15 is 0 Å². The first-order chi connectivity index (χ1) is 7.46. The summed E-state index contributed by atoms with van der Waals surface area (Å²) in [4.78, 5) is 11.3. The summed E-state index contributed by atoms with van der Waals surface area (Å²) in [6.07, 6.45) is 1.79. The first-order valence-corrected chi connectivity index (χ1v) is 6.60. The van der Waals surface area contributed by atoms with E-state index in [2.05, 4.69) is 12.2 Å². The number of nitrogens with two attached hydrogens (primary N) is 1. The van der Waals surface area contributed by atoms with Gasteiger partial charge in [0.2, 0.25) is 5.91 Å². The predicted octanol–water partition coefficient (Wildman–Crippen LogP) is 0.998.